The lowest BCUT2D eigenvalue weighted by Crippen LogP contribution is -2.41. The summed E-state index contributed by atoms with van der Waals surface area (Å²) >= 11 is 0. The molecule has 4 atom stereocenters. The zero-order chi connectivity index (χ0) is 18.1. The minimum Gasteiger partial charge on any atom is -0.733 e. The van der Waals surface area contributed by atoms with E-state index in [1.165, 1.54) is 0 Å². The maximum Gasteiger partial charge on any atom is 0.172 e. The molecule has 0 spiro atoms. The molecule has 0 aliphatic heterocycles. The molecule has 4 rings (SSSR count). The largest absolute Gasteiger partial charge is 0.733 e. The summed E-state index contributed by atoms with van der Waals surface area (Å²) in [5.74, 6) is -0.486. The third-order valence-corrected chi connectivity index (χ3v) is 5.05. The molecule has 2 aliphatic carbocycles. The Labute approximate surface area is 150 Å². The highest BCUT2D eigenvalue weighted by Crippen LogP contribution is 2.47. The SMILES string of the molecule is O=C1C2CCC2C(ON([O-])c2ccccc2)C1ON([O-])c1ccccc1. The number of anilines is 2. The molecule has 26 heavy (non-hydrogen) atoms. The molecule has 0 saturated heterocycles. The summed E-state index contributed by atoms with van der Waals surface area (Å²) in [7, 11) is 0. The first-order valence-corrected chi connectivity index (χ1v) is 8.57. The molecule has 2 aromatic rings. The van der Waals surface area contributed by atoms with Gasteiger partial charge in [-0.25, -0.2) is 0 Å². The molecule has 0 heterocycles. The van der Waals surface area contributed by atoms with Gasteiger partial charge in [-0.05, 0) is 37.1 Å². The van der Waals surface area contributed by atoms with Gasteiger partial charge in [-0.2, -0.15) is 0 Å². The molecular formula is C19H18N2O5-2. The van der Waals surface area contributed by atoms with Gasteiger partial charge in [0.2, 0.25) is 0 Å². The van der Waals surface area contributed by atoms with E-state index in [-0.39, 0.29) is 23.3 Å². The van der Waals surface area contributed by atoms with Crippen LogP contribution in [0.25, 0.3) is 0 Å². The normalized spacial score (nSPS) is 26.9. The van der Waals surface area contributed by atoms with Crippen LogP contribution in [0.15, 0.2) is 60.7 Å². The summed E-state index contributed by atoms with van der Waals surface area (Å²) in [6.45, 7) is 0. The number of hydrogen-bond acceptors (Lipinski definition) is 7. The van der Waals surface area contributed by atoms with Crippen LogP contribution in [-0.4, -0.2) is 18.0 Å². The second kappa shape index (κ2) is 7.05. The molecule has 136 valence electrons. The van der Waals surface area contributed by atoms with Crippen LogP contribution in [0.5, 0.6) is 0 Å². The fourth-order valence-corrected chi connectivity index (χ4v) is 3.55. The van der Waals surface area contributed by atoms with Gasteiger partial charge in [0.1, 0.15) is 6.10 Å². The Bertz CT molecular complexity index is 757. The van der Waals surface area contributed by atoms with E-state index in [0.29, 0.717) is 16.1 Å². The van der Waals surface area contributed by atoms with Crippen LogP contribution < -0.4 is 10.5 Å². The van der Waals surface area contributed by atoms with Gasteiger partial charge in [0.15, 0.2) is 11.9 Å². The van der Waals surface area contributed by atoms with Crippen LogP contribution in [0.2, 0.25) is 0 Å². The Morgan fingerprint density at radius 2 is 1.35 bits per heavy atom. The minimum absolute atomic E-state index is 0.100. The molecule has 2 aliphatic rings. The average Bonchev–Trinajstić information content (AvgIpc) is 2.81. The van der Waals surface area contributed by atoms with E-state index < -0.39 is 12.2 Å². The molecule has 7 heteroatoms. The van der Waals surface area contributed by atoms with E-state index >= 15 is 0 Å². The van der Waals surface area contributed by atoms with Gasteiger partial charge in [-0.3, -0.25) is 14.5 Å². The number of ketones is 1. The van der Waals surface area contributed by atoms with Crippen molar-refractivity contribution in [3.63, 3.8) is 0 Å². The van der Waals surface area contributed by atoms with Gasteiger partial charge in [-0.15, -0.1) is 0 Å². The smallest absolute Gasteiger partial charge is 0.172 e. The highest BCUT2D eigenvalue weighted by molar-refractivity contribution is 5.90. The number of fused-ring (bicyclic) bond motifs is 1. The second-order valence-electron chi connectivity index (χ2n) is 6.53. The standard InChI is InChI=1S/C19H18N2O5/c22-17-15-11-12-16(15)18(25-20(23)13-7-3-1-4-8-13)19(17)26-21(24)14-9-5-2-6-10-14/h1-10,15-16,18-19H,11-12H2/q-2. The summed E-state index contributed by atoms with van der Waals surface area (Å²) in [6, 6.07) is 16.8. The second-order valence-corrected chi connectivity index (χ2v) is 6.53. The molecule has 0 bridgehead atoms. The molecule has 2 aromatic carbocycles. The number of rotatable bonds is 6. The van der Waals surface area contributed by atoms with Gasteiger partial charge in [0.05, 0.1) is 11.4 Å². The van der Waals surface area contributed by atoms with E-state index in [4.69, 9.17) is 9.68 Å². The van der Waals surface area contributed by atoms with Crippen molar-refractivity contribution >= 4 is 17.2 Å². The molecular weight excluding hydrogens is 336 g/mol. The number of Topliss-reactive ketones (excluding diaryl/α,β-unsaturated/α-hetero) is 1. The zero-order valence-corrected chi connectivity index (χ0v) is 13.9. The van der Waals surface area contributed by atoms with Crippen LogP contribution >= 0.6 is 0 Å². The van der Waals surface area contributed by atoms with Crippen molar-refractivity contribution in [2.24, 2.45) is 11.8 Å². The topological polar surface area (TPSA) is 88.1 Å². The highest BCUT2D eigenvalue weighted by Gasteiger charge is 2.57. The number of para-hydroxylation sites is 2. The van der Waals surface area contributed by atoms with Crippen molar-refractivity contribution in [1.82, 2.24) is 0 Å². The molecule has 0 N–H and O–H groups in total. The van der Waals surface area contributed by atoms with Gasteiger partial charge >= 0.3 is 0 Å². The molecule has 4 unspecified atom stereocenters. The Balaban J connectivity index is 1.51. The predicted octanol–water partition coefficient (Wildman–Crippen LogP) is 3.20. The van der Waals surface area contributed by atoms with Gasteiger partial charge in [0.25, 0.3) is 0 Å². The van der Waals surface area contributed by atoms with Crippen LogP contribution in [0.4, 0.5) is 11.4 Å². The molecule has 2 saturated carbocycles. The van der Waals surface area contributed by atoms with E-state index in [9.17, 15) is 15.2 Å². The number of benzene rings is 2. The van der Waals surface area contributed by atoms with Gasteiger partial charge in [-0.1, -0.05) is 36.4 Å². The maximum absolute atomic E-state index is 12.6. The maximum atomic E-state index is 12.6. The first-order valence-electron chi connectivity index (χ1n) is 8.57. The molecule has 2 fully saturated rings. The van der Waals surface area contributed by atoms with Crippen molar-refractivity contribution in [1.29, 1.82) is 0 Å². The van der Waals surface area contributed by atoms with Crippen molar-refractivity contribution in [2.75, 3.05) is 10.5 Å². The molecule has 0 amide bonds. The summed E-state index contributed by atoms with van der Waals surface area (Å²) in [5.41, 5.74) is 0.601. The van der Waals surface area contributed by atoms with Crippen LogP contribution in [-0.2, 0) is 14.5 Å². The van der Waals surface area contributed by atoms with Crippen molar-refractivity contribution in [3.8, 4) is 0 Å². The van der Waals surface area contributed by atoms with Crippen LogP contribution in [0, 0.1) is 22.3 Å². The lowest BCUT2D eigenvalue weighted by Gasteiger charge is -2.39. The molecule has 0 radical (unpaired) electrons. The van der Waals surface area contributed by atoms with Gasteiger partial charge < -0.3 is 20.9 Å². The summed E-state index contributed by atoms with van der Waals surface area (Å²) in [4.78, 5) is 23.5. The molecule has 0 aromatic heterocycles. The summed E-state index contributed by atoms with van der Waals surface area (Å²) in [5, 5.41) is 25.3. The predicted molar refractivity (Wildman–Crippen MR) is 95.5 cm³/mol. The zero-order valence-electron chi connectivity index (χ0n) is 13.9. The Hall–Kier alpha value is -2.45. The van der Waals surface area contributed by atoms with Crippen molar-refractivity contribution in [3.05, 3.63) is 71.1 Å². The summed E-state index contributed by atoms with van der Waals surface area (Å²) < 4.78 is 0. The first-order chi connectivity index (χ1) is 12.6. The van der Waals surface area contributed by atoms with E-state index in [0.717, 1.165) is 12.8 Å². The number of nitrogens with zero attached hydrogens (tertiary/aromatic N) is 2. The summed E-state index contributed by atoms with van der Waals surface area (Å²) in [6.07, 6.45) is -0.366. The Morgan fingerprint density at radius 3 is 1.85 bits per heavy atom. The van der Waals surface area contributed by atoms with E-state index in [1.54, 1.807) is 60.7 Å². The number of hydrogen-bond donors (Lipinski definition) is 0. The van der Waals surface area contributed by atoms with Crippen LogP contribution in [0.3, 0.4) is 0 Å². The third-order valence-electron chi connectivity index (χ3n) is 5.05. The fourth-order valence-electron chi connectivity index (χ4n) is 3.55. The average molecular weight is 354 g/mol. The lowest BCUT2D eigenvalue weighted by molar-refractivity contribution is -0.136. The fraction of sp³-hybridized carbons (Fsp3) is 0.316. The third kappa shape index (κ3) is 3.06. The van der Waals surface area contributed by atoms with E-state index in [2.05, 4.69) is 0 Å². The van der Waals surface area contributed by atoms with Gasteiger partial charge in [0, 0.05) is 11.8 Å². The van der Waals surface area contributed by atoms with Crippen molar-refractivity contribution in [2.45, 2.75) is 25.0 Å². The lowest BCUT2D eigenvalue weighted by atomic mass is 9.75. The van der Waals surface area contributed by atoms with E-state index in [1.807, 2.05) is 0 Å². The van der Waals surface area contributed by atoms with Crippen LogP contribution in [0.1, 0.15) is 12.8 Å². The number of carbonyl (C=O) groups is 1. The Kier molecular flexibility index (Phi) is 4.60. The molecule has 7 nitrogen and oxygen atoms in total. The quantitative estimate of drug-likeness (QED) is 0.736. The monoisotopic (exact) mass is 354 g/mol. The first kappa shape index (κ1) is 17.0. The highest BCUT2D eigenvalue weighted by atomic mass is 16.9. The Morgan fingerprint density at radius 1 is 0.808 bits per heavy atom. The van der Waals surface area contributed by atoms with Crippen molar-refractivity contribution < 1.29 is 14.5 Å². The minimum atomic E-state index is -1.09. The number of carbonyl (C=O) groups excluding carboxylic acids is 1.